The molecule has 9 heteroatoms. The van der Waals surface area contributed by atoms with E-state index in [4.69, 9.17) is 11.6 Å². The highest BCUT2D eigenvalue weighted by atomic mass is 35.5. The molecule has 14 heavy (non-hydrogen) atoms. The van der Waals surface area contributed by atoms with E-state index in [0.717, 1.165) is 22.8 Å². The summed E-state index contributed by atoms with van der Waals surface area (Å²) in [5, 5.41) is 0.419. The smallest absolute Gasteiger partial charge is 0.164 e. The zero-order valence-electron chi connectivity index (χ0n) is 6.82. The zero-order chi connectivity index (χ0) is 9.97. The fourth-order valence-electron chi connectivity index (χ4n) is 0.976. The van der Waals surface area contributed by atoms with Gasteiger partial charge in [0.1, 0.15) is 11.8 Å². The largest absolute Gasteiger partial charge is 0.348 e. The van der Waals surface area contributed by atoms with Gasteiger partial charge >= 0.3 is 0 Å². The molecule has 0 saturated heterocycles. The summed E-state index contributed by atoms with van der Waals surface area (Å²) in [6, 6.07) is 0. The lowest BCUT2D eigenvalue weighted by Crippen LogP contribution is -2.20. The molecule has 2 aromatic rings. The maximum atomic E-state index is 5.87. The Balaban J connectivity index is 2.42. The number of halogens is 1. The van der Waals surface area contributed by atoms with Gasteiger partial charge in [0.15, 0.2) is 20.0 Å². The summed E-state index contributed by atoms with van der Waals surface area (Å²) < 4.78 is 2.02. The van der Waals surface area contributed by atoms with Crippen molar-refractivity contribution in [2.75, 3.05) is 0 Å². The van der Waals surface area contributed by atoms with Gasteiger partial charge in [0.2, 0.25) is 0 Å². The number of imidazole rings is 1. The van der Waals surface area contributed by atoms with Gasteiger partial charge in [0.25, 0.3) is 0 Å². The van der Waals surface area contributed by atoms with Crippen molar-refractivity contribution in [3.63, 3.8) is 0 Å². The average Bonchev–Trinajstić information content (AvgIpc) is 2.60. The standard InChI is InChI=1S/C5H2ClN4Si4/c6-4-3-5(8-1-7-4)10(2-9-3)12-14-13-11/h1-2H. The minimum Gasteiger partial charge on any atom is -0.348 e. The van der Waals surface area contributed by atoms with Crippen LogP contribution in [0, 0.1) is 0 Å². The van der Waals surface area contributed by atoms with Crippen molar-refractivity contribution in [3.8, 4) is 0 Å². The van der Waals surface area contributed by atoms with Crippen LogP contribution in [0.1, 0.15) is 0 Å². The minimum absolute atomic E-state index is 0.419. The summed E-state index contributed by atoms with van der Waals surface area (Å²) >= 11 is 5.87. The average molecular weight is 266 g/mol. The van der Waals surface area contributed by atoms with E-state index in [9.17, 15) is 0 Å². The van der Waals surface area contributed by atoms with Gasteiger partial charge in [-0.3, -0.25) is 0 Å². The molecular weight excluding hydrogens is 264 g/mol. The summed E-state index contributed by atoms with van der Waals surface area (Å²) in [5.74, 6) is 0. The molecule has 0 N–H and O–H groups in total. The van der Waals surface area contributed by atoms with Crippen LogP contribution in [0.25, 0.3) is 11.2 Å². The molecule has 0 atom stereocenters. The van der Waals surface area contributed by atoms with Crippen molar-refractivity contribution in [2.24, 2.45) is 0 Å². The van der Waals surface area contributed by atoms with E-state index in [1.807, 2.05) is 4.23 Å². The van der Waals surface area contributed by atoms with Crippen molar-refractivity contribution in [3.05, 3.63) is 17.8 Å². The molecule has 65 valence electrons. The molecule has 0 unspecified atom stereocenters. The molecule has 2 heterocycles. The van der Waals surface area contributed by atoms with Gasteiger partial charge in [-0.15, -0.1) is 0 Å². The first-order valence-corrected chi connectivity index (χ1v) is 10.4. The summed E-state index contributed by atoms with van der Waals surface area (Å²) in [6.45, 7) is 0. The molecule has 9 radical (unpaired) electrons. The van der Waals surface area contributed by atoms with Gasteiger partial charge < -0.3 is 4.23 Å². The van der Waals surface area contributed by atoms with Gasteiger partial charge in [-0.25, -0.2) is 15.0 Å². The Labute approximate surface area is 95.8 Å². The molecule has 0 aromatic carbocycles. The Morgan fingerprint density at radius 1 is 1.36 bits per heavy atom. The zero-order valence-corrected chi connectivity index (χ0v) is 11.6. The van der Waals surface area contributed by atoms with Crippen LogP contribution in [0.15, 0.2) is 12.7 Å². The predicted molar refractivity (Wildman–Crippen MR) is 58.7 cm³/mol. The summed E-state index contributed by atoms with van der Waals surface area (Å²) in [6.07, 6.45) is 3.23. The highest BCUT2D eigenvalue weighted by Gasteiger charge is 2.07. The molecule has 0 aliphatic carbocycles. The van der Waals surface area contributed by atoms with Crippen LogP contribution in [-0.2, 0) is 0 Å². The second-order valence-electron chi connectivity index (χ2n) is 2.31. The maximum absolute atomic E-state index is 5.87. The third-order valence-electron chi connectivity index (χ3n) is 1.53. The summed E-state index contributed by atoms with van der Waals surface area (Å²) in [4.78, 5) is 12.2. The van der Waals surface area contributed by atoms with Crippen LogP contribution in [0.5, 0.6) is 0 Å². The van der Waals surface area contributed by atoms with E-state index >= 15 is 0 Å². The third-order valence-corrected chi connectivity index (χ3v) is 9.55. The van der Waals surface area contributed by atoms with E-state index in [1.54, 1.807) is 6.33 Å². The Hall–Kier alpha value is -0.292. The molecule has 4 nitrogen and oxygen atoms in total. The van der Waals surface area contributed by atoms with Gasteiger partial charge in [0.05, 0.1) is 6.33 Å². The highest BCUT2D eigenvalue weighted by molar-refractivity contribution is 7.41. The number of fused-ring (bicyclic) bond motifs is 1. The number of nitrogens with zero attached hydrogens (tertiary/aromatic N) is 4. The van der Waals surface area contributed by atoms with E-state index in [1.165, 1.54) is 6.33 Å². The quantitative estimate of drug-likeness (QED) is 0.543. The Morgan fingerprint density at radius 2 is 2.21 bits per heavy atom. The van der Waals surface area contributed by atoms with E-state index in [0.29, 0.717) is 19.9 Å². The van der Waals surface area contributed by atoms with Gasteiger partial charge in [-0.05, 0) is 0 Å². The van der Waals surface area contributed by atoms with E-state index in [2.05, 4.69) is 24.7 Å². The SMILES string of the molecule is [Si][Si][Si][Si]n1cnc2c(Cl)ncnc21. The number of hydrogen-bond acceptors (Lipinski definition) is 3. The van der Waals surface area contributed by atoms with Gasteiger partial charge in [-0.2, -0.15) is 0 Å². The number of hydrogen-bond donors (Lipinski definition) is 0. The van der Waals surface area contributed by atoms with Crippen molar-refractivity contribution in [2.45, 2.75) is 0 Å². The van der Waals surface area contributed by atoms with Crippen LogP contribution in [0.3, 0.4) is 0 Å². The van der Waals surface area contributed by atoms with Crippen LogP contribution in [0.2, 0.25) is 5.15 Å². The van der Waals surface area contributed by atoms with Crippen molar-refractivity contribution >= 4 is 58.8 Å². The first kappa shape index (κ1) is 10.2. The molecule has 0 aliphatic heterocycles. The Kier molecular flexibility index (Phi) is 3.28. The second-order valence-corrected chi connectivity index (χ2v) is 10.5. The fraction of sp³-hybridized carbons (Fsp3) is 0. The molecule has 0 spiro atoms. The van der Waals surface area contributed by atoms with Crippen molar-refractivity contribution in [1.29, 1.82) is 0 Å². The molecule has 0 aliphatic rings. The first-order valence-electron chi connectivity index (χ1n) is 3.59. The Morgan fingerprint density at radius 3 is 3.00 bits per heavy atom. The van der Waals surface area contributed by atoms with Crippen LogP contribution in [0.4, 0.5) is 0 Å². The molecule has 0 bridgehead atoms. The first-order chi connectivity index (χ1) is 6.83. The second kappa shape index (κ2) is 4.48. The summed E-state index contributed by atoms with van der Waals surface area (Å²) in [7, 11) is 5.79. The number of rotatable bonds is 3. The fourth-order valence-corrected chi connectivity index (χ4v) is 5.83. The van der Waals surface area contributed by atoms with Crippen LogP contribution >= 0.6 is 11.6 Å². The third kappa shape index (κ3) is 1.88. The molecule has 2 rings (SSSR count). The van der Waals surface area contributed by atoms with Crippen LogP contribution in [-0.4, -0.2) is 55.3 Å². The van der Waals surface area contributed by atoms with Gasteiger partial charge in [0, 0.05) is 26.9 Å². The Bertz CT molecular complexity index is 446. The van der Waals surface area contributed by atoms with E-state index in [-0.39, 0.29) is 0 Å². The lowest BCUT2D eigenvalue weighted by Gasteiger charge is -1.98. The lowest BCUT2D eigenvalue weighted by atomic mass is 10.6. The van der Waals surface area contributed by atoms with Crippen molar-refractivity contribution in [1.82, 2.24) is 19.2 Å². The highest BCUT2D eigenvalue weighted by Crippen LogP contribution is 2.15. The van der Waals surface area contributed by atoms with Gasteiger partial charge in [-0.1, -0.05) is 11.6 Å². The maximum Gasteiger partial charge on any atom is 0.164 e. The molecular formula is C5H2ClN4Si4. The molecule has 2 aromatic heterocycles. The minimum atomic E-state index is 0.419. The van der Waals surface area contributed by atoms with Crippen LogP contribution < -0.4 is 0 Å². The molecule has 0 amide bonds. The molecule has 0 saturated carbocycles. The lowest BCUT2D eigenvalue weighted by molar-refractivity contribution is 1.16. The normalized spacial score (nSPS) is 11.0. The van der Waals surface area contributed by atoms with E-state index < -0.39 is 0 Å². The monoisotopic (exact) mass is 265 g/mol. The topological polar surface area (TPSA) is 43.6 Å². The van der Waals surface area contributed by atoms with Crippen molar-refractivity contribution < 1.29 is 0 Å². The number of aromatic nitrogens is 4. The predicted octanol–water partition coefficient (Wildman–Crippen LogP) is -0.731. The summed E-state index contributed by atoms with van der Waals surface area (Å²) in [5.41, 5.74) is 1.50. The molecule has 0 fully saturated rings.